The summed E-state index contributed by atoms with van der Waals surface area (Å²) in [7, 11) is 0. The molecule has 1 aromatic heterocycles. The van der Waals surface area contributed by atoms with E-state index >= 15 is 0 Å². The van der Waals surface area contributed by atoms with Gasteiger partial charge in [0, 0.05) is 18.1 Å². The van der Waals surface area contributed by atoms with Crippen molar-refractivity contribution in [3.05, 3.63) is 41.7 Å². The Morgan fingerprint density at radius 2 is 2.07 bits per heavy atom. The van der Waals surface area contributed by atoms with E-state index in [9.17, 15) is 0 Å². The number of hydrogen-bond acceptors (Lipinski definition) is 2. The average molecular weight is 187 g/mol. The van der Waals surface area contributed by atoms with E-state index in [1.54, 1.807) is 6.20 Å². The zero-order valence-corrected chi connectivity index (χ0v) is 8.36. The summed E-state index contributed by atoms with van der Waals surface area (Å²) in [5, 5.41) is 4.16. The summed E-state index contributed by atoms with van der Waals surface area (Å²) in [6, 6.07) is 5.92. The van der Waals surface area contributed by atoms with Crippen molar-refractivity contribution in [1.29, 1.82) is 0 Å². The molecule has 0 bridgehead atoms. The van der Waals surface area contributed by atoms with Crippen LogP contribution in [0.3, 0.4) is 0 Å². The van der Waals surface area contributed by atoms with E-state index < -0.39 is 0 Å². The summed E-state index contributed by atoms with van der Waals surface area (Å²) in [5.74, 6) is 0. The maximum absolute atomic E-state index is 5.89. The van der Waals surface area contributed by atoms with Crippen LogP contribution in [-0.4, -0.2) is 9.78 Å². The van der Waals surface area contributed by atoms with E-state index in [-0.39, 0.29) is 0 Å². The lowest BCUT2D eigenvalue weighted by Crippen LogP contribution is -1.99. The van der Waals surface area contributed by atoms with Crippen LogP contribution in [-0.2, 0) is 0 Å². The summed E-state index contributed by atoms with van der Waals surface area (Å²) in [4.78, 5) is 0. The molecule has 0 unspecified atom stereocenters. The van der Waals surface area contributed by atoms with Gasteiger partial charge in [-0.25, -0.2) is 4.68 Å². The number of aromatic nitrogens is 2. The minimum atomic E-state index is 0.815. The monoisotopic (exact) mass is 187 g/mol. The Balaban J connectivity index is 2.57. The molecule has 72 valence electrons. The van der Waals surface area contributed by atoms with Crippen LogP contribution < -0.4 is 5.73 Å². The lowest BCUT2D eigenvalue weighted by Gasteiger charge is -2.08. The molecule has 0 aliphatic heterocycles. The normalized spacial score (nSPS) is 10.4. The molecule has 0 saturated heterocycles. The number of nitrogens with zero attached hydrogens (tertiary/aromatic N) is 2. The number of rotatable bonds is 1. The third kappa shape index (κ3) is 1.37. The molecule has 2 aromatic rings. The predicted octanol–water partition coefficient (Wildman–Crippen LogP) is 2.07. The molecular weight excluding hydrogens is 174 g/mol. The Kier molecular flexibility index (Phi) is 2.00. The summed E-state index contributed by atoms with van der Waals surface area (Å²) >= 11 is 0. The first-order valence-corrected chi connectivity index (χ1v) is 4.55. The van der Waals surface area contributed by atoms with Gasteiger partial charge in [-0.3, -0.25) is 0 Å². The highest BCUT2D eigenvalue weighted by Crippen LogP contribution is 2.20. The van der Waals surface area contributed by atoms with Gasteiger partial charge >= 0.3 is 0 Å². The number of hydrogen-bond donors (Lipinski definition) is 1. The summed E-state index contributed by atoms with van der Waals surface area (Å²) in [6.45, 7) is 4.08. The van der Waals surface area contributed by atoms with E-state index in [1.807, 2.05) is 29.9 Å². The van der Waals surface area contributed by atoms with Crippen molar-refractivity contribution in [2.24, 2.45) is 0 Å². The second-order valence-corrected chi connectivity index (χ2v) is 3.43. The van der Waals surface area contributed by atoms with Crippen LogP contribution in [0.1, 0.15) is 11.1 Å². The van der Waals surface area contributed by atoms with E-state index in [4.69, 9.17) is 5.73 Å². The van der Waals surface area contributed by atoms with Crippen LogP contribution in [0.5, 0.6) is 0 Å². The van der Waals surface area contributed by atoms with Crippen LogP contribution in [0.25, 0.3) is 5.69 Å². The maximum Gasteiger partial charge on any atom is 0.0668 e. The molecule has 1 heterocycles. The molecule has 0 spiro atoms. The first-order valence-electron chi connectivity index (χ1n) is 4.55. The van der Waals surface area contributed by atoms with Crippen molar-refractivity contribution >= 4 is 5.69 Å². The Hall–Kier alpha value is -1.77. The number of aryl methyl sites for hydroxylation is 1. The fourth-order valence-corrected chi connectivity index (χ4v) is 1.42. The molecule has 2 N–H and O–H groups in total. The maximum atomic E-state index is 5.89. The lowest BCUT2D eigenvalue weighted by molar-refractivity contribution is 0.879. The van der Waals surface area contributed by atoms with Crippen molar-refractivity contribution in [2.45, 2.75) is 13.8 Å². The largest absolute Gasteiger partial charge is 0.398 e. The van der Waals surface area contributed by atoms with Gasteiger partial charge in [-0.15, -0.1) is 0 Å². The molecule has 3 heteroatoms. The molecule has 0 amide bonds. The smallest absolute Gasteiger partial charge is 0.0668 e. The zero-order valence-electron chi connectivity index (χ0n) is 8.36. The summed E-state index contributed by atoms with van der Waals surface area (Å²) < 4.78 is 1.81. The first-order chi connectivity index (χ1) is 6.68. The van der Waals surface area contributed by atoms with Gasteiger partial charge in [0.1, 0.15) is 0 Å². The third-order valence-corrected chi connectivity index (χ3v) is 2.46. The van der Waals surface area contributed by atoms with Gasteiger partial charge in [0.15, 0.2) is 0 Å². The standard InChI is InChI=1S/C11H13N3/c1-8-6-10(7-11(12)9(8)2)14-5-3-4-13-14/h3-7H,12H2,1-2H3. The fourth-order valence-electron chi connectivity index (χ4n) is 1.42. The minimum Gasteiger partial charge on any atom is -0.398 e. The summed E-state index contributed by atoms with van der Waals surface area (Å²) in [5.41, 5.74) is 10.0. The van der Waals surface area contributed by atoms with Crippen molar-refractivity contribution in [3.8, 4) is 5.69 Å². The van der Waals surface area contributed by atoms with Gasteiger partial charge < -0.3 is 5.73 Å². The zero-order chi connectivity index (χ0) is 10.1. The van der Waals surface area contributed by atoms with Gasteiger partial charge in [-0.05, 0) is 43.2 Å². The van der Waals surface area contributed by atoms with Gasteiger partial charge in [0.05, 0.1) is 5.69 Å². The van der Waals surface area contributed by atoms with Crippen molar-refractivity contribution in [1.82, 2.24) is 9.78 Å². The molecule has 0 radical (unpaired) electrons. The molecule has 0 fully saturated rings. The molecule has 1 aromatic carbocycles. The van der Waals surface area contributed by atoms with E-state index in [0.29, 0.717) is 0 Å². The quantitative estimate of drug-likeness (QED) is 0.694. The molecule has 0 atom stereocenters. The molecule has 0 aliphatic carbocycles. The van der Waals surface area contributed by atoms with Gasteiger partial charge in [0.25, 0.3) is 0 Å². The number of benzene rings is 1. The SMILES string of the molecule is Cc1cc(-n2cccn2)cc(N)c1C. The van der Waals surface area contributed by atoms with Crippen LogP contribution >= 0.6 is 0 Å². The number of nitrogens with two attached hydrogens (primary N) is 1. The first kappa shape index (κ1) is 8.81. The topological polar surface area (TPSA) is 43.8 Å². The summed E-state index contributed by atoms with van der Waals surface area (Å²) in [6.07, 6.45) is 3.66. The average Bonchev–Trinajstić information content (AvgIpc) is 2.66. The molecule has 2 rings (SSSR count). The highest BCUT2D eigenvalue weighted by molar-refractivity contribution is 5.56. The highest BCUT2D eigenvalue weighted by Gasteiger charge is 2.02. The van der Waals surface area contributed by atoms with Crippen LogP contribution in [0.4, 0.5) is 5.69 Å². The third-order valence-electron chi connectivity index (χ3n) is 2.46. The minimum absolute atomic E-state index is 0.815. The second-order valence-electron chi connectivity index (χ2n) is 3.43. The van der Waals surface area contributed by atoms with Crippen LogP contribution in [0.2, 0.25) is 0 Å². The molecule has 14 heavy (non-hydrogen) atoms. The lowest BCUT2D eigenvalue weighted by atomic mass is 10.1. The number of nitrogen functional groups attached to an aromatic ring is 1. The Morgan fingerprint density at radius 3 is 2.64 bits per heavy atom. The van der Waals surface area contributed by atoms with Crippen LogP contribution in [0.15, 0.2) is 30.6 Å². The molecule has 0 aliphatic rings. The van der Waals surface area contributed by atoms with E-state index in [1.165, 1.54) is 5.56 Å². The molecular formula is C11H13N3. The fraction of sp³-hybridized carbons (Fsp3) is 0.182. The van der Waals surface area contributed by atoms with Crippen LogP contribution in [0, 0.1) is 13.8 Å². The predicted molar refractivity (Wildman–Crippen MR) is 57.5 cm³/mol. The second kappa shape index (κ2) is 3.18. The molecule has 0 saturated carbocycles. The van der Waals surface area contributed by atoms with Crippen molar-refractivity contribution in [3.63, 3.8) is 0 Å². The van der Waals surface area contributed by atoms with E-state index in [2.05, 4.69) is 18.1 Å². The number of anilines is 1. The van der Waals surface area contributed by atoms with Gasteiger partial charge in [0.2, 0.25) is 0 Å². The van der Waals surface area contributed by atoms with Gasteiger partial charge in [-0.1, -0.05) is 0 Å². The van der Waals surface area contributed by atoms with Crippen molar-refractivity contribution in [2.75, 3.05) is 5.73 Å². The van der Waals surface area contributed by atoms with E-state index in [0.717, 1.165) is 16.9 Å². The highest BCUT2D eigenvalue weighted by atomic mass is 15.3. The van der Waals surface area contributed by atoms with Crippen molar-refractivity contribution < 1.29 is 0 Å². The Bertz CT molecular complexity index is 421. The molecule has 3 nitrogen and oxygen atoms in total. The Labute approximate surface area is 83.2 Å². The Morgan fingerprint density at radius 1 is 1.29 bits per heavy atom. The van der Waals surface area contributed by atoms with Gasteiger partial charge in [-0.2, -0.15) is 5.10 Å².